The van der Waals surface area contributed by atoms with Gasteiger partial charge in [-0.1, -0.05) is 84.9 Å². The summed E-state index contributed by atoms with van der Waals surface area (Å²) in [5, 5.41) is 1.66. The van der Waals surface area contributed by atoms with Gasteiger partial charge < -0.3 is 14.0 Å². The Balaban J connectivity index is 1.98. The summed E-state index contributed by atoms with van der Waals surface area (Å²) in [4.78, 5) is 0. The molecule has 3 nitrogen and oxygen atoms in total. The highest BCUT2D eigenvalue weighted by Gasteiger charge is 2.38. The largest absolute Gasteiger partial charge is 0.497 e. The molecule has 0 amide bonds. The minimum Gasteiger partial charge on any atom is -0.497 e. The highest BCUT2D eigenvalue weighted by Crippen LogP contribution is 2.60. The van der Waals surface area contributed by atoms with Gasteiger partial charge in [0.1, 0.15) is 11.5 Å². The molecule has 0 radical (unpaired) electrons. The third-order valence-electron chi connectivity index (χ3n) is 5.51. The van der Waals surface area contributed by atoms with Crippen LogP contribution >= 0.6 is 7.14 Å². The molecule has 31 heavy (non-hydrogen) atoms. The highest BCUT2D eigenvalue weighted by atomic mass is 31.2. The van der Waals surface area contributed by atoms with Gasteiger partial charge in [0.05, 0.1) is 19.9 Å². The number of benzene rings is 4. The molecule has 0 heterocycles. The van der Waals surface area contributed by atoms with Crippen LogP contribution < -0.4 is 20.1 Å². The van der Waals surface area contributed by atoms with Crippen LogP contribution in [-0.4, -0.2) is 14.2 Å². The van der Waals surface area contributed by atoms with Crippen molar-refractivity contribution in [3.05, 3.63) is 120 Å². The highest BCUT2D eigenvalue weighted by molar-refractivity contribution is 7.79. The fourth-order valence-electron chi connectivity index (χ4n) is 3.93. The second kappa shape index (κ2) is 9.24. The normalized spacial score (nSPS) is 11.3. The Hall–Kier alpha value is -3.29. The number of ether oxygens (including phenoxy) is 2. The van der Waals surface area contributed by atoms with E-state index in [2.05, 4.69) is 0 Å². The summed E-state index contributed by atoms with van der Waals surface area (Å²) in [5.41, 5.74) is 1.60. The molecule has 156 valence electrons. The van der Waals surface area contributed by atoms with Gasteiger partial charge in [0.15, 0.2) is 7.14 Å². The van der Waals surface area contributed by atoms with Crippen LogP contribution in [0.3, 0.4) is 0 Å². The third kappa shape index (κ3) is 4.15. The summed E-state index contributed by atoms with van der Waals surface area (Å²) in [6.07, 6.45) is 0. The Bertz CT molecular complexity index is 1060. The molecule has 0 fully saturated rings. The first-order chi connectivity index (χ1) is 15.2. The quantitative estimate of drug-likeness (QED) is 0.349. The summed E-state index contributed by atoms with van der Waals surface area (Å²) in [6, 6.07) is 35.3. The van der Waals surface area contributed by atoms with E-state index in [1.807, 2.05) is 109 Å². The fraction of sp³-hybridized carbons (Fsp3) is 0.111. The van der Waals surface area contributed by atoms with E-state index in [1.54, 1.807) is 14.2 Å². The average molecular weight is 428 g/mol. The Morgan fingerprint density at radius 1 is 0.548 bits per heavy atom. The summed E-state index contributed by atoms with van der Waals surface area (Å²) in [6.45, 7) is 0. The number of hydrogen-bond acceptors (Lipinski definition) is 3. The molecular formula is C27H25O3P. The van der Waals surface area contributed by atoms with Crippen molar-refractivity contribution in [1.29, 1.82) is 0 Å². The van der Waals surface area contributed by atoms with Crippen molar-refractivity contribution in [2.75, 3.05) is 14.2 Å². The summed E-state index contributed by atoms with van der Waals surface area (Å²) < 4.78 is 25.9. The third-order valence-corrected chi connectivity index (χ3v) is 8.96. The van der Waals surface area contributed by atoms with Gasteiger partial charge in [-0.3, -0.25) is 0 Å². The Morgan fingerprint density at radius 3 is 1.23 bits per heavy atom. The van der Waals surface area contributed by atoms with E-state index in [-0.39, 0.29) is 5.66 Å². The molecule has 0 aromatic heterocycles. The predicted molar refractivity (Wildman–Crippen MR) is 128 cm³/mol. The molecule has 0 atom stereocenters. The van der Waals surface area contributed by atoms with E-state index in [0.29, 0.717) is 0 Å². The molecule has 4 aromatic rings. The minimum absolute atomic E-state index is 0.353. The SMILES string of the molecule is COc1ccc(C(c2ccc(OC)cc2)P(=O)(c2ccccc2)c2ccccc2)cc1. The maximum atomic E-state index is 15.2. The Morgan fingerprint density at radius 2 is 0.903 bits per heavy atom. The van der Waals surface area contributed by atoms with Crippen molar-refractivity contribution in [2.24, 2.45) is 0 Å². The maximum Gasteiger partial charge on any atom is 0.154 e. The monoisotopic (exact) mass is 428 g/mol. The second-order valence-electron chi connectivity index (χ2n) is 7.28. The molecule has 4 rings (SSSR count). The molecule has 0 spiro atoms. The van der Waals surface area contributed by atoms with E-state index < -0.39 is 7.14 Å². The van der Waals surface area contributed by atoms with Crippen LogP contribution in [0.25, 0.3) is 0 Å². The molecule has 4 heteroatoms. The van der Waals surface area contributed by atoms with Gasteiger partial charge in [0.25, 0.3) is 0 Å². The summed E-state index contributed by atoms with van der Waals surface area (Å²) >= 11 is 0. The zero-order chi connectivity index (χ0) is 21.7. The average Bonchev–Trinajstić information content (AvgIpc) is 2.86. The van der Waals surface area contributed by atoms with Crippen LogP contribution in [0.1, 0.15) is 16.8 Å². The van der Waals surface area contributed by atoms with Crippen molar-refractivity contribution in [3.63, 3.8) is 0 Å². The summed E-state index contributed by atoms with van der Waals surface area (Å²) in [7, 11) is 0.188. The van der Waals surface area contributed by atoms with E-state index >= 15 is 4.57 Å². The molecule has 0 saturated carbocycles. The van der Waals surface area contributed by atoms with E-state index in [0.717, 1.165) is 33.2 Å². The standard InChI is InChI=1S/C27H25O3P/c1-29-23-17-13-21(14-18-23)27(22-15-19-24(30-2)20-16-22)31(28,25-9-5-3-6-10-25)26-11-7-4-8-12-26/h3-20,27H,1-2H3. The van der Waals surface area contributed by atoms with Gasteiger partial charge in [-0.05, 0) is 35.4 Å². The fourth-order valence-corrected chi connectivity index (χ4v) is 7.24. The van der Waals surface area contributed by atoms with Gasteiger partial charge in [-0.25, -0.2) is 0 Å². The van der Waals surface area contributed by atoms with Crippen LogP contribution in [-0.2, 0) is 4.57 Å². The van der Waals surface area contributed by atoms with Crippen LogP contribution in [0.15, 0.2) is 109 Å². The zero-order valence-corrected chi connectivity index (χ0v) is 18.5. The molecule has 4 aromatic carbocycles. The van der Waals surface area contributed by atoms with Crippen molar-refractivity contribution >= 4 is 17.8 Å². The first kappa shape index (κ1) is 21.0. The van der Waals surface area contributed by atoms with Crippen molar-refractivity contribution in [1.82, 2.24) is 0 Å². The number of hydrogen-bond donors (Lipinski definition) is 0. The van der Waals surface area contributed by atoms with Crippen LogP contribution in [0.2, 0.25) is 0 Å². The van der Waals surface area contributed by atoms with Crippen LogP contribution in [0.4, 0.5) is 0 Å². The molecular weight excluding hydrogens is 403 g/mol. The number of rotatable bonds is 7. The lowest BCUT2D eigenvalue weighted by molar-refractivity contribution is 0.414. The lowest BCUT2D eigenvalue weighted by Crippen LogP contribution is -2.22. The lowest BCUT2D eigenvalue weighted by atomic mass is 10.0. The second-order valence-corrected chi connectivity index (χ2v) is 10.1. The Labute approximate surface area is 183 Å². The van der Waals surface area contributed by atoms with Gasteiger partial charge in [-0.15, -0.1) is 0 Å². The smallest absolute Gasteiger partial charge is 0.154 e. The maximum absolute atomic E-state index is 15.2. The predicted octanol–water partition coefficient (Wildman–Crippen LogP) is 5.81. The van der Waals surface area contributed by atoms with Gasteiger partial charge in [0.2, 0.25) is 0 Å². The molecule has 0 aliphatic rings. The number of methoxy groups -OCH3 is 2. The first-order valence-corrected chi connectivity index (χ1v) is 11.9. The van der Waals surface area contributed by atoms with Gasteiger partial charge >= 0.3 is 0 Å². The van der Waals surface area contributed by atoms with Crippen LogP contribution in [0.5, 0.6) is 11.5 Å². The lowest BCUT2D eigenvalue weighted by Gasteiger charge is -2.30. The molecule has 0 saturated heterocycles. The van der Waals surface area contributed by atoms with E-state index in [4.69, 9.17) is 9.47 Å². The zero-order valence-electron chi connectivity index (χ0n) is 17.6. The summed E-state index contributed by atoms with van der Waals surface area (Å²) in [5.74, 6) is 1.54. The molecule has 0 aliphatic carbocycles. The van der Waals surface area contributed by atoms with Gasteiger partial charge in [-0.2, -0.15) is 0 Å². The molecule has 0 N–H and O–H groups in total. The minimum atomic E-state index is -3.11. The topological polar surface area (TPSA) is 35.5 Å². The van der Waals surface area contributed by atoms with Crippen molar-refractivity contribution in [2.45, 2.75) is 5.66 Å². The molecule has 0 aliphatic heterocycles. The van der Waals surface area contributed by atoms with Crippen molar-refractivity contribution < 1.29 is 14.0 Å². The van der Waals surface area contributed by atoms with Crippen LogP contribution in [0, 0.1) is 0 Å². The van der Waals surface area contributed by atoms with Gasteiger partial charge in [0, 0.05) is 10.6 Å². The molecule has 0 bridgehead atoms. The first-order valence-electron chi connectivity index (χ1n) is 10.2. The Kier molecular flexibility index (Phi) is 6.25. The molecule has 0 unspecified atom stereocenters. The van der Waals surface area contributed by atoms with Crippen molar-refractivity contribution in [3.8, 4) is 11.5 Å². The van der Waals surface area contributed by atoms with E-state index in [1.165, 1.54) is 0 Å². The van der Waals surface area contributed by atoms with E-state index in [9.17, 15) is 0 Å².